The van der Waals surface area contributed by atoms with Crippen molar-refractivity contribution >= 4 is 12.1 Å². The molecule has 1 heterocycles. The molecule has 1 fully saturated rings. The van der Waals surface area contributed by atoms with Gasteiger partial charge in [-0.25, -0.2) is 9.59 Å². The Morgan fingerprint density at radius 2 is 1.90 bits per heavy atom. The molecule has 0 aromatic carbocycles. The average molecular weight is 283 g/mol. The number of piperidine rings is 1. The molecule has 0 atom stereocenters. The monoisotopic (exact) mass is 283 g/mol. The number of esters is 1. The molecule has 5 heteroatoms. The van der Waals surface area contributed by atoms with Crippen LogP contribution >= 0.6 is 0 Å². The fourth-order valence-corrected chi connectivity index (χ4v) is 2.20. The summed E-state index contributed by atoms with van der Waals surface area (Å²) in [5.74, 6) is -0.348. The third-order valence-electron chi connectivity index (χ3n) is 3.25. The van der Waals surface area contributed by atoms with E-state index in [0.29, 0.717) is 19.5 Å². The number of likely N-dealkylation sites (tertiary alicyclic amines) is 1. The summed E-state index contributed by atoms with van der Waals surface area (Å²) in [6.07, 6.45) is 1.89. The molecule has 0 spiro atoms. The van der Waals surface area contributed by atoms with Gasteiger partial charge in [-0.15, -0.1) is 0 Å². The smallest absolute Gasteiger partial charge is 0.410 e. The average Bonchev–Trinajstić information content (AvgIpc) is 2.28. The van der Waals surface area contributed by atoms with Crippen LogP contribution in [0.15, 0.2) is 11.6 Å². The predicted octanol–water partition coefficient (Wildman–Crippen LogP) is 2.75. The topological polar surface area (TPSA) is 55.8 Å². The van der Waals surface area contributed by atoms with Gasteiger partial charge in [0.2, 0.25) is 0 Å². The van der Waals surface area contributed by atoms with Crippen LogP contribution < -0.4 is 0 Å². The number of carbonyl (C=O) groups is 2. The summed E-state index contributed by atoms with van der Waals surface area (Å²) in [6.45, 7) is 10.7. The van der Waals surface area contributed by atoms with Crippen LogP contribution in [0, 0.1) is 5.41 Å². The maximum atomic E-state index is 12.1. The molecule has 0 unspecified atom stereocenters. The van der Waals surface area contributed by atoms with E-state index >= 15 is 0 Å². The second-order valence-corrected chi connectivity index (χ2v) is 6.73. The Hall–Kier alpha value is -1.52. The van der Waals surface area contributed by atoms with Crippen LogP contribution in [0.5, 0.6) is 0 Å². The van der Waals surface area contributed by atoms with E-state index in [2.05, 4.69) is 4.74 Å². The fourth-order valence-electron chi connectivity index (χ4n) is 2.20. The molecule has 0 N–H and O–H groups in total. The molecule has 114 valence electrons. The van der Waals surface area contributed by atoms with Crippen LogP contribution in [-0.2, 0) is 14.3 Å². The number of ether oxygens (including phenoxy) is 2. The first-order valence-electron chi connectivity index (χ1n) is 6.82. The third-order valence-corrected chi connectivity index (χ3v) is 3.25. The van der Waals surface area contributed by atoms with Crippen molar-refractivity contribution in [3.8, 4) is 0 Å². The van der Waals surface area contributed by atoms with Crippen LogP contribution in [0.25, 0.3) is 0 Å². The molecular weight excluding hydrogens is 258 g/mol. The number of hydrogen-bond donors (Lipinski definition) is 0. The molecule has 1 rings (SSSR count). The highest BCUT2D eigenvalue weighted by molar-refractivity contribution is 5.83. The van der Waals surface area contributed by atoms with E-state index in [0.717, 1.165) is 5.57 Å². The van der Waals surface area contributed by atoms with Gasteiger partial charge in [0.15, 0.2) is 0 Å². The zero-order valence-electron chi connectivity index (χ0n) is 13.3. The highest BCUT2D eigenvalue weighted by Crippen LogP contribution is 2.34. The van der Waals surface area contributed by atoms with Crippen LogP contribution in [-0.4, -0.2) is 42.8 Å². The standard InChI is InChI=1S/C15H25NO4/c1-14(2,3)20-13(18)16-8-7-11(9-12(17)19-6)15(4,5)10-16/h9H,7-8,10H2,1-6H3. The van der Waals surface area contributed by atoms with Gasteiger partial charge in [0.05, 0.1) is 7.11 Å². The van der Waals surface area contributed by atoms with Gasteiger partial charge in [-0.1, -0.05) is 19.4 Å². The molecule has 1 aliphatic heterocycles. The van der Waals surface area contributed by atoms with Gasteiger partial charge in [-0.3, -0.25) is 0 Å². The lowest BCUT2D eigenvalue weighted by atomic mass is 9.79. The van der Waals surface area contributed by atoms with Gasteiger partial charge < -0.3 is 14.4 Å². The predicted molar refractivity (Wildman–Crippen MR) is 76.3 cm³/mol. The second kappa shape index (κ2) is 5.85. The summed E-state index contributed by atoms with van der Waals surface area (Å²) in [6, 6.07) is 0. The van der Waals surface area contributed by atoms with Crippen molar-refractivity contribution < 1.29 is 19.1 Å². The molecule has 0 bridgehead atoms. The number of nitrogens with zero attached hydrogens (tertiary/aromatic N) is 1. The van der Waals surface area contributed by atoms with Crippen LogP contribution in [0.3, 0.4) is 0 Å². The molecule has 0 saturated carbocycles. The minimum Gasteiger partial charge on any atom is -0.466 e. The third kappa shape index (κ3) is 4.54. The van der Waals surface area contributed by atoms with Crippen molar-refractivity contribution in [3.63, 3.8) is 0 Å². The quantitative estimate of drug-likeness (QED) is 0.548. The van der Waals surface area contributed by atoms with Crippen molar-refractivity contribution in [2.75, 3.05) is 20.2 Å². The van der Waals surface area contributed by atoms with E-state index < -0.39 is 5.60 Å². The molecule has 1 amide bonds. The molecule has 0 aromatic rings. The molecule has 20 heavy (non-hydrogen) atoms. The fraction of sp³-hybridized carbons (Fsp3) is 0.733. The molecular formula is C15H25NO4. The highest BCUT2D eigenvalue weighted by Gasteiger charge is 2.35. The Morgan fingerprint density at radius 1 is 1.30 bits per heavy atom. The Kier molecular flexibility index (Phi) is 4.84. The number of carbonyl (C=O) groups excluding carboxylic acids is 2. The number of amides is 1. The van der Waals surface area contributed by atoms with E-state index in [1.54, 1.807) is 4.90 Å². The number of rotatable bonds is 1. The summed E-state index contributed by atoms with van der Waals surface area (Å²) >= 11 is 0. The van der Waals surface area contributed by atoms with Gasteiger partial charge in [0.1, 0.15) is 5.60 Å². The molecule has 5 nitrogen and oxygen atoms in total. The number of hydrogen-bond acceptors (Lipinski definition) is 4. The Balaban J connectivity index is 2.76. The van der Waals surface area contributed by atoms with Crippen molar-refractivity contribution in [2.24, 2.45) is 5.41 Å². The van der Waals surface area contributed by atoms with Gasteiger partial charge in [-0.05, 0) is 27.2 Å². The second-order valence-electron chi connectivity index (χ2n) is 6.73. The maximum absolute atomic E-state index is 12.1. The zero-order valence-corrected chi connectivity index (χ0v) is 13.3. The first-order chi connectivity index (χ1) is 9.05. The van der Waals surface area contributed by atoms with Gasteiger partial charge >= 0.3 is 12.1 Å². The van der Waals surface area contributed by atoms with E-state index in [-0.39, 0.29) is 17.5 Å². The van der Waals surface area contributed by atoms with Gasteiger partial charge in [-0.2, -0.15) is 0 Å². The molecule has 1 saturated heterocycles. The summed E-state index contributed by atoms with van der Waals surface area (Å²) in [4.78, 5) is 25.1. The van der Waals surface area contributed by atoms with Crippen LogP contribution in [0.4, 0.5) is 4.79 Å². The largest absolute Gasteiger partial charge is 0.466 e. The van der Waals surface area contributed by atoms with Crippen molar-refractivity contribution in [1.29, 1.82) is 0 Å². The van der Waals surface area contributed by atoms with Crippen molar-refractivity contribution in [3.05, 3.63) is 11.6 Å². The number of methoxy groups -OCH3 is 1. The summed E-state index contributed by atoms with van der Waals surface area (Å²) in [5, 5.41) is 0. The molecule has 0 aromatic heterocycles. The van der Waals surface area contributed by atoms with Gasteiger partial charge in [0, 0.05) is 24.6 Å². The lowest BCUT2D eigenvalue weighted by Crippen LogP contribution is -2.46. The van der Waals surface area contributed by atoms with Crippen LogP contribution in [0.1, 0.15) is 41.0 Å². The lowest BCUT2D eigenvalue weighted by molar-refractivity contribution is -0.135. The van der Waals surface area contributed by atoms with E-state index in [1.165, 1.54) is 13.2 Å². The maximum Gasteiger partial charge on any atom is 0.410 e. The molecule has 1 aliphatic rings. The first-order valence-corrected chi connectivity index (χ1v) is 6.82. The normalized spacial score (nSPS) is 20.7. The van der Waals surface area contributed by atoms with Crippen molar-refractivity contribution in [2.45, 2.75) is 46.6 Å². The van der Waals surface area contributed by atoms with E-state index in [9.17, 15) is 9.59 Å². The van der Waals surface area contributed by atoms with Crippen molar-refractivity contribution in [1.82, 2.24) is 4.90 Å². The first kappa shape index (κ1) is 16.5. The van der Waals surface area contributed by atoms with Crippen LogP contribution in [0.2, 0.25) is 0 Å². The van der Waals surface area contributed by atoms with E-state index in [1.807, 2.05) is 34.6 Å². The SMILES string of the molecule is COC(=O)C=C1CCN(C(=O)OC(C)(C)C)CC1(C)C. The van der Waals surface area contributed by atoms with Gasteiger partial charge in [0.25, 0.3) is 0 Å². The minimum absolute atomic E-state index is 0.261. The summed E-state index contributed by atoms with van der Waals surface area (Å²) in [5.41, 5.74) is 0.247. The Labute approximate surface area is 120 Å². The Bertz CT molecular complexity index is 418. The minimum atomic E-state index is -0.497. The Morgan fingerprint density at radius 3 is 2.35 bits per heavy atom. The summed E-state index contributed by atoms with van der Waals surface area (Å²) in [7, 11) is 1.36. The highest BCUT2D eigenvalue weighted by atomic mass is 16.6. The molecule has 0 radical (unpaired) electrons. The zero-order chi connectivity index (χ0) is 15.6. The summed E-state index contributed by atoms with van der Waals surface area (Å²) < 4.78 is 10.0. The molecule has 0 aliphatic carbocycles. The lowest BCUT2D eigenvalue weighted by Gasteiger charge is -2.40. The van der Waals surface area contributed by atoms with E-state index in [4.69, 9.17) is 4.74 Å².